The van der Waals surface area contributed by atoms with Crippen LogP contribution >= 0.6 is 0 Å². The monoisotopic (exact) mass is 225 g/mol. The molecule has 0 radical (unpaired) electrons. The SMILES string of the molecule is CCCC1(CCCC(C)C)CCCCCN1. The van der Waals surface area contributed by atoms with E-state index in [0.29, 0.717) is 5.54 Å². The molecule has 1 heteroatoms. The molecule has 0 bridgehead atoms. The van der Waals surface area contributed by atoms with Crippen molar-refractivity contribution in [2.24, 2.45) is 5.92 Å². The van der Waals surface area contributed by atoms with E-state index in [9.17, 15) is 0 Å². The molecule has 16 heavy (non-hydrogen) atoms. The Kier molecular flexibility index (Phi) is 6.41. The fourth-order valence-corrected chi connectivity index (χ4v) is 3.09. The summed E-state index contributed by atoms with van der Waals surface area (Å²) in [6.07, 6.45) is 12.6. The Morgan fingerprint density at radius 3 is 2.62 bits per heavy atom. The quantitative estimate of drug-likeness (QED) is 0.701. The average molecular weight is 225 g/mol. The first-order valence-electron chi connectivity index (χ1n) is 7.43. The van der Waals surface area contributed by atoms with Crippen molar-refractivity contribution < 1.29 is 0 Å². The maximum atomic E-state index is 3.87. The van der Waals surface area contributed by atoms with Gasteiger partial charge in [0.05, 0.1) is 0 Å². The Balaban J connectivity index is 2.42. The average Bonchev–Trinajstić information content (AvgIpc) is 2.44. The van der Waals surface area contributed by atoms with Crippen molar-refractivity contribution in [3.63, 3.8) is 0 Å². The summed E-state index contributed by atoms with van der Waals surface area (Å²) < 4.78 is 0. The molecule has 1 rings (SSSR count). The summed E-state index contributed by atoms with van der Waals surface area (Å²) in [6.45, 7) is 8.26. The van der Waals surface area contributed by atoms with Gasteiger partial charge < -0.3 is 5.32 Å². The van der Waals surface area contributed by atoms with Gasteiger partial charge in [0.25, 0.3) is 0 Å². The van der Waals surface area contributed by atoms with E-state index in [4.69, 9.17) is 0 Å². The molecule has 1 aliphatic heterocycles. The standard InChI is InChI=1S/C15H31N/c1-4-10-15(12-8-9-14(2)3)11-6-5-7-13-16-15/h14,16H,4-13H2,1-3H3. The molecule has 1 heterocycles. The summed E-state index contributed by atoms with van der Waals surface area (Å²) in [7, 11) is 0. The topological polar surface area (TPSA) is 12.0 Å². The lowest BCUT2D eigenvalue weighted by molar-refractivity contribution is 0.257. The van der Waals surface area contributed by atoms with Crippen molar-refractivity contribution in [1.82, 2.24) is 5.32 Å². The highest BCUT2D eigenvalue weighted by molar-refractivity contribution is 4.89. The van der Waals surface area contributed by atoms with Gasteiger partial charge in [-0.2, -0.15) is 0 Å². The second kappa shape index (κ2) is 7.32. The zero-order valence-electron chi connectivity index (χ0n) is 11.6. The highest BCUT2D eigenvalue weighted by atomic mass is 15.0. The highest BCUT2D eigenvalue weighted by Gasteiger charge is 2.28. The second-order valence-electron chi connectivity index (χ2n) is 6.05. The number of hydrogen-bond donors (Lipinski definition) is 1. The molecule has 0 spiro atoms. The Hall–Kier alpha value is -0.0400. The lowest BCUT2D eigenvalue weighted by atomic mass is 9.83. The van der Waals surface area contributed by atoms with Crippen LogP contribution in [0, 0.1) is 5.92 Å². The van der Waals surface area contributed by atoms with E-state index in [-0.39, 0.29) is 0 Å². The van der Waals surface area contributed by atoms with Gasteiger partial charge in [0.2, 0.25) is 0 Å². The van der Waals surface area contributed by atoms with Gasteiger partial charge in [-0.05, 0) is 38.1 Å². The van der Waals surface area contributed by atoms with Crippen molar-refractivity contribution in [3.05, 3.63) is 0 Å². The van der Waals surface area contributed by atoms with Crippen molar-refractivity contribution in [3.8, 4) is 0 Å². The predicted octanol–water partition coefficient (Wildman–Crippen LogP) is 4.52. The molecule has 1 fully saturated rings. The summed E-state index contributed by atoms with van der Waals surface area (Å²) in [4.78, 5) is 0. The minimum absolute atomic E-state index is 0.500. The molecule has 1 unspecified atom stereocenters. The molecule has 1 atom stereocenters. The van der Waals surface area contributed by atoms with Gasteiger partial charge in [0.1, 0.15) is 0 Å². The van der Waals surface area contributed by atoms with Crippen LogP contribution in [0.25, 0.3) is 0 Å². The van der Waals surface area contributed by atoms with Crippen molar-refractivity contribution in [2.75, 3.05) is 6.54 Å². The van der Waals surface area contributed by atoms with Crippen molar-refractivity contribution in [1.29, 1.82) is 0 Å². The molecule has 1 aliphatic rings. The predicted molar refractivity (Wildman–Crippen MR) is 72.8 cm³/mol. The zero-order valence-corrected chi connectivity index (χ0v) is 11.6. The summed E-state index contributed by atoms with van der Waals surface area (Å²) in [6, 6.07) is 0. The third kappa shape index (κ3) is 4.86. The van der Waals surface area contributed by atoms with Gasteiger partial charge in [-0.1, -0.05) is 52.9 Å². The van der Waals surface area contributed by atoms with Crippen LogP contribution in [0.4, 0.5) is 0 Å². The molecule has 0 saturated carbocycles. The van der Waals surface area contributed by atoms with E-state index in [0.717, 1.165) is 5.92 Å². The highest BCUT2D eigenvalue weighted by Crippen LogP contribution is 2.29. The number of rotatable bonds is 6. The van der Waals surface area contributed by atoms with E-state index in [2.05, 4.69) is 26.1 Å². The molecule has 0 aromatic carbocycles. The maximum Gasteiger partial charge on any atom is 0.0181 e. The molecule has 0 amide bonds. The largest absolute Gasteiger partial charge is 0.311 e. The summed E-state index contributed by atoms with van der Waals surface area (Å²) in [5.74, 6) is 0.865. The fourth-order valence-electron chi connectivity index (χ4n) is 3.09. The first kappa shape index (κ1) is 14.0. The van der Waals surface area contributed by atoms with Crippen LogP contribution in [0.3, 0.4) is 0 Å². The maximum absolute atomic E-state index is 3.87. The van der Waals surface area contributed by atoms with Crippen molar-refractivity contribution in [2.45, 2.75) is 84.1 Å². The molecule has 0 aromatic heterocycles. The Bertz CT molecular complexity index is 166. The smallest absolute Gasteiger partial charge is 0.0181 e. The van der Waals surface area contributed by atoms with Gasteiger partial charge in [0, 0.05) is 5.54 Å². The normalized spacial score (nSPS) is 27.0. The van der Waals surface area contributed by atoms with E-state index in [1.165, 1.54) is 64.3 Å². The van der Waals surface area contributed by atoms with Crippen LogP contribution in [0.5, 0.6) is 0 Å². The molecule has 1 nitrogen and oxygen atoms in total. The first-order chi connectivity index (χ1) is 7.68. The van der Waals surface area contributed by atoms with Crippen LogP contribution < -0.4 is 5.32 Å². The minimum atomic E-state index is 0.500. The van der Waals surface area contributed by atoms with Crippen LogP contribution in [0.2, 0.25) is 0 Å². The molecule has 0 aliphatic carbocycles. The van der Waals surface area contributed by atoms with Crippen LogP contribution in [0.1, 0.15) is 78.6 Å². The Morgan fingerprint density at radius 2 is 1.94 bits per heavy atom. The molecule has 1 N–H and O–H groups in total. The molecule has 0 aromatic rings. The van der Waals surface area contributed by atoms with E-state index in [1.807, 2.05) is 0 Å². The molecule has 1 saturated heterocycles. The second-order valence-corrected chi connectivity index (χ2v) is 6.05. The van der Waals surface area contributed by atoms with E-state index in [1.54, 1.807) is 0 Å². The fraction of sp³-hybridized carbons (Fsp3) is 1.00. The molecular weight excluding hydrogens is 194 g/mol. The van der Waals surface area contributed by atoms with Crippen molar-refractivity contribution >= 4 is 0 Å². The Labute approximate surface area is 102 Å². The van der Waals surface area contributed by atoms with Crippen LogP contribution in [-0.2, 0) is 0 Å². The lowest BCUT2D eigenvalue weighted by Gasteiger charge is -2.34. The third-order valence-electron chi connectivity index (χ3n) is 4.00. The lowest BCUT2D eigenvalue weighted by Crippen LogP contribution is -2.44. The Morgan fingerprint density at radius 1 is 1.12 bits per heavy atom. The van der Waals surface area contributed by atoms with Gasteiger partial charge in [-0.25, -0.2) is 0 Å². The first-order valence-corrected chi connectivity index (χ1v) is 7.43. The minimum Gasteiger partial charge on any atom is -0.311 e. The van der Waals surface area contributed by atoms with Gasteiger partial charge in [0.15, 0.2) is 0 Å². The van der Waals surface area contributed by atoms with Crippen LogP contribution in [0.15, 0.2) is 0 Å². The summed E-state index contributed by atoms with van der Waals surface area (Å²) in [5.41, 5.74) is 0.500. The van der Waals surface area contributed by atoms with Gasteiger partial charge >= 0.3 is 0 Å². The van der Waals surface area contributed by atoms with E-state index >= 15 is 0 Å². The van der Waals surface area contributed by atoms with Gasteiger partial charge in [-0.15, -0.1) is 0 Å². The number of hydrogen-bond acceptors (Lipinski definition) is 1. The molecular formula is C15H31N. The third-order valence-corrected chi connectivity index (χ3v) is 4.00. The van der Waals surface area contributed by atoms with Gasteiger partial charge in [-0.3, -0.25) is 0 Å². The molecule has 96 valence electrons. The summed E-state index contributed by atoms with van der Waals surface area (Å²) in [5, 5.41) is 3.87. The zero-order chi connectivity index (χ0) is 11.9. The number of nitrogens with one attached hydrogen (secondary N) is 1. The van der Waals surface area contributed by atoms with Crippen LogP contribution in [-0.4, -0.2) is 12.1 Å². The summed E-state index contributed by atoms with van der Waals surface area (Å²) >= 11 is 0. The van der Waals surface area contributed by atoms with E-state index < -0.39 is 0 Å².